The summed E-state index contributed by atoms with van der Waals surface area (Å²) in [7, 11) is -2.79. The molecule has 3 rings (SSSR count). The zero-order valence-corrected chi connectivity index (χ0v) is 16.7. The molecule has 2 N–H and O–H groups in total. The van der Waals surface area contributed by atoms with Crippen molar-refractivity contribution < 1.29 is 8.95 Å². The summed E-state index contributed by atoms with van der Waals surface area (Å²) in [6.45, 7) is 11.7. The highest BCUT2D eigenvalue weighted by Crippen LogP contribution is 2.35. The second kappa shape index (κ2) is 7.82. The van der Waals surface area contributed by atoms with Crippen LogP contribution in [0.3, 0.4) is 0 Å². The molecule has 144 valence electrons. The van der Waals surface area contributed by atoms with Gasteiger partial charge in [-0.3, -0.25) is 0 Å². The lowest BCUT2D eigenvalue weighted by atomic mass is 10.2. The van der Waals surface area contributed by atoms with Crippen LogP contribution in [0.1, 0.15) is 19.4 Å². The first kappa shape index (κ1) is 19.6. The van der Waals surface area contributed by atoms with Crippen molar-refractivity contribution in [3.8, 4) is 5.75 Å². The zero-order valence-electron chi connectivity index (χ0n) is 15.9. The van der Waals surface area contributed by atoms with Crippen molar-refractivity contribution in [2.75, 3.05) is 11.6 Å². The second-order valence-electron chi connectivity index (χ2n) is 6.75. The molecule has 0 radical (unpaired) electrons. The first-order chi connectivity index (χ1) is 13.3. The normalized spacial score (nSPS) is 13.1. The van der Waals surface area contributed by atoms with Crippen molar-refractivity contribution in [3.05, 3.63) is 59.7 Å². The second-order valence-corrected chi connectivity index (χ2v) is 8.91. The minimum Gasteiger partial charge on any atom is -0.500 e. The van der Waals surface area contributed by atoms with Crippen LogP contribution >= 0.6 is 0 Å². The molecule has 1 unspecified atom stereocenters. The van der Waals surface area contributed by atoms with Crippen LogP contribution in [0.5, 0.6) is 5.75 Å². The Kier molecular flexibility index (Phi) is 5.47. The van der Waals surface area contributed by atoms with Crippen molar-refractivity contribution in [1.29, 1.82) is 4.78 Å². The van der Waals surface area contributed by atoms with E-state index in [0.717, 1.165) is 10.9 Å². The quantitative estimate of drug-likeness (QED) is 0.594. The minimum atomic E-state index is -2.79. The Labute approximate surface area is 164 Å². The SMILES string of the molecule is [C-]#[N+]c1cc2c(NC(C)C)ncnc2cc1OCc1cccc(S(C)(=N)=O)c1. The van der Waals surface area contributed by atoms with Gasteiger partial charge in [-0.25, -0.2) is 23.8 Å². The highest BCUT2D eigenvalue weighted by Gasteiger charge is 2.12. The fourth-order valence-corrected chi connectivity index (χ4v) is 3.42. The van der Waals surface area contributed by atoms with Crippen molar-refractivity contribution in [2.45, 2.75) is 31.4 Å². The molecule has 1 aromatic heterocycles. The van der Waals surface area contributed by atoms with E-state index in [1.165, 1.54) is 12.6 Å². The molecular weight excluding hydrogens is 374 g/mol. The number of fused-ring (bicyclic) bond motifs is 1. The van der Waals surface area contributed by atoms with Crippen molar-refractivity contribution in [2.24, 2.45) is 0 Å². The summed E-state index contributed by atoms with van der Waals surface area (Å²) in [5.41, 5.74) is 1.82. The fourth-order valence-electron chi connectivity index (χ4n) is 2.70. The van der Waals surface area contributed by atoms with Crippen LogP contribution in [0.15, 0.2) is 47.6 Å². The van der Waals surface area contributed by atoms with Gasteiger partial charge in [0.25, 0.3) is 0 Å². The van der Waals surface area contributed by atoms with Gasteiger partial charge in [-0.15, -0.1) is 0 Å². The molecule has 0 spiro atoms. The molecule has 0 saturated heterocycles. The summed E-state index contributed by atoms with van der Waals surface area (Å²) < 4.78 is 25.5. The smallest absolute Gasteiger partial charge is 0.229 e. The standard InChI is InChI=1S/C20H21N5O2S/c1-13(2)25-20-16-9-18(22-3)19(10-17(16)23-12-24-20)27-11-14-6-5-7-15(8-14)28(4,21)26/h5-10,12-13,21H,11H2,1-2,4H3,(H,23,24,25). The molecule has 0 amide bonds. The third kappa shape index (κ3) is 4.38. The lowest BCUT2D eigenvalue weighted by Crippen LogP contribution is -2.11. The van der Waals surface area contributed by atoms with Gasteiger partial charge in [0.05, 0.1) is 21.8 Å². The molecule has 7 nitrogen and oxygen atoms in total. The third-order valence-corrected chi connectivity index (χ3v) is 5.16. The summed E-state index contributed by atoms with van der Waals surface area (Å²) in [5.74, 6) is 1.10. The van der Waals surface area contributed by atoms with Crippen LogP contribution in [0, 0.1) is 11.4 Å². The summed E-state index contributed by atoms with van der Waals surface area (Å²) in [6, 6.07) is 10.6. The molecule has 0 aliphatic rings. The summed E-state index contributed by atoms with van der Waals surface area (Å²) >= 11 is 0. The predicted octanol–water partition coefficient (Wildman–Crippen LogP) is 4.62. The van der Waals surface area contributed by atoms with Crippen LogP contribution in [-0.4, -0.2) is 26.5 Å². The predicted molar refractivity (Wildman–Crippen MR) is 110 cm³/mol. The summed E-state index contributed by atoms with van der Waals surface area (Å²) in [4.78, 5) is 12.6. The highest BCUT2D eigenvalue weighted by molar-refractivity contribution is 7.91. The number of hydrogen-bond acceptors (Lipinski definition) is 6. The van der Waals surface area contributed by atoms with E-state index < -0.39 is 9.73 Å². The number of benzene rings is 2. The lowest BCUT2D eigenvalue weighted by molar-refractivity contribution is 0.308. The van der Waals surface area contributed by atoms with E-state index in [2.05, 4.69) is 20.1 Å². The largest absolute Gasteiger partial charge is 0.500 e. The molecule has 0 saturated carbocycles. The first-order valence-corrected chi connectivity index (χ1v) is 10.6. The van der Waals surface area contributed by atoms with E-state index in [0.29, 0.717) is 27.7 Å². The highest BCUT2D eigenvalue weighted by atomic mass is 32.2. The van der Waals surface area contributed by atoms with Crippen molar-refractivity contribution in [3.63, 3.8) is 0 Å². The number of ether oxygens (including phenoxy) is 1. The Morgan fingerprint density at radius 1 is 1.29 bits per heavy atom. The monoisotopic (exact) mass is 395 g/mol. The van der Waals surface area contributed by atoms with Gasteiger partial charge in [-0.1, -0.05) is 12.1 Å². The lowest BCUT2D eigenvalue weighted by Gasteiger charge is -2.14. The molecule has 28 heavy (non-hydrogen) atoms. The van der Waals surface area contributed by atoms with Crippen LogP contribution in [0.2, 0.25) is 0 Å². The summed E-state index contributed by atoms with van der Waals surface area (Å²) in [5, 5.41) is 4.02. The molecule has 0 bridgehead atoms. The Morgan fingerprint density at radius 2 is 2.07 bits per heavy atom. The Balaban J connectivity index is 1.93. The van der Waals surface area contributed by atoms with Crippen LogP contribution in [0.4, 0.5) is 11.5 Å². The van der Waals surface area contributed by atoms with Gasteiger partial charge in [0, 0.05) is 22.6 Å². The van der Waals surface area contributed by atoms with Gasteiger partial charge in [-0.05, 0) is 43.7 Å². The Bertz CT molecular complexity index is 1170. The van der Waals surface area contributed by atoms with Crippen LogP contribution < -0.4 is 10.1 Å². The molecule has 2 aromatic carbocycles. The van der Waals surface area contributed by atoms with E-state index in [9.17, 15) is 4.21 Å². The van der Waals surface area contributed by atoms with Crippen molar-refractivity contribution in [1.82, 2.24) is 9.97 Å². The average Bonchev–Trinajstić information content (AvgIpc) is 2.65. The molecule has 1 atom stereocenters. The first-order valence-electron chi connectivity index (χ1n) is 8.66. The Hall–Kier alpha value is -3.18. The van der Waals surface area contributed by atoms with Crippen molar-refractivity contribution >= 4 is 32.1 Å². The number of anilines is 1. The van der Waals surface area contributed by atoms with Gasteiger partial charge in [0.15, 0.2) is 0 Å². The molecule has 1 heterocycles. The van der Waals surface area contributed by atoms with E-state index in [4.69, 9.17) is 16.1 Å². The fraction of sp³-hybridized carbons (Fsp3) is 0.250. The minimum absolute atomic E-state index is 0.194. The van der Waals surface area contributed by atoms with E-state index >= 15 is 0 Å². The maximum Gasteiger partial charge on any atom is 0.229 e. The van der Waals surface area contributed by atoms with Gasteiger partial charge in [-0.2, -0.15) is 0 Å². The van der Waals surface area contributed by atoms with Gasteiger partial charge in [0.2, 0.25) is 5.69 Å². The molecule has 0 aliphatic heterocycles. The zero-order chi connectivity index (χ0) is 20.3. The molecule has 0 fully saturated rings. The van der Waals surface area contributed by atoms with E-state index in [-0.39, 0.29) is 12.6 Å². The number of nitrogens with zero attached hydrogens (tertiary/aromatic N) is 3. The summed E-state index contributed by atoms with van der Waals surface area (Å²) in [6.07, 6.45) is 2.86. The number of nitrogens with one attached hydrogen (secondary N) is 2. The van der Waals surface area contributed by atoms with Crippen LogP contribution in [-0.2, 0) is 16.3 Å². The maximum atomic E-state index is 11.9. The van der Waals surface area contributed by atoms with Crippen LogP contribution in [0.25, 0.3) is 15.7 Å². The average molecular weight is 395 g/mol. The van der Waals surface area contributed by atoms with Gasteiger partial charge < -0.3 is 10.1 Å². The van der Waals surface area contributed by atoms with E-state index in [1.54, 1.807) is 30.3 Å². The number of aromatic nitrogens is 2. The topological polar surface area (TPSA) is 92.3 Å². The molecule has 0 aliphatic carbocycles. The van der Waals surface area contributed by atoms with Gasteiger partial charge >= 0.3 is 0 Å². The molecular formula is C20H21N5O2S. The number of hydrogen-bond donors (Lipinski definition) is 2. The number of rotatable bonds is 6. The van der Waals surface area contributed by atoms with Gasteiger partial charge in [0.1, 0.15) is 24.5 Å². The Morgan fingerprint density at radius 3 is 2.75 bits per heavy atom. The maximum absolute atomic E-state index is 11.9. The molecule has 8 heteroatoms. The van der Waals surface area contributed by atoms with E-state index in [1.807, 2.05) is 19.9 Å². The third-order valence-electron chi connectivity index (χ3n) is 4.00. The molecule has 3 aromatic rings.